The summed E-state index contributed by atoms with van der Waals surface area (Å²) in [6.45, 7) is 1.89. The number of hydrogen-bond acceptors (Lipinski definition) is 3. The number of halogens is 1. The molecule has 1 N–H and O–H groups in total. The Balaban J connectivity index is 1.40. The average molecular weight is 469 g/mol. The number of carbonyl (C=O) groups is 2. The van der Waals surface area contributed by atoms with Gasteiger partial charge < -0.3 is 4.90 Å². The number of aromatic nitrogens is 2. The molecular formula is C28H25FN4O2. The molecule has 4 aromatic rings. The minimum Gasteiger partial charge on any atom is -0.326 e. The molecule has 0 radical (unpaired) electrons. The Morgan fingerprint density at radius 3 is 2.34 bits per heavy atom. The zero-order valence-electron chi connectivity index (χ0n) is 19.3. The summed E-state index contributed by atoms with van der Waals surface area (Å²) < 4.78 is 15.2. The SMILES string of the molecule is Cc1ccc(C(=O)N(CC(=O)Nc2nc(-c3ccccc3)cn2-c2ccc(F)cc2)C2CC2)cc1. The zero-order chi connectivity index (χ0) is 24.4. The van der Waals surface area contributed by atoms with Crippen LogP contribution in [0.3, 0.4) is 0 Å². The highest BCUT2D eigenvalue weighted by Gasteiger charge is 2.34. The second kappa shape index (κ2) is 9.54. The Morgan fingerprint density at radius 2 is 1.69 bits per heavy atom. The van der Waals surface area contributed by atoms with E-state index in [0.29, 0.717) is 22.9 Å². The number of rotatable bonds is 7. The number of nitrogens with one attached hydrogen (secondary N) is 1. The summed E-state index contributed by atoms with van der Waals surface area (Å²) in [5.41, 5.74) is 3.85. The third-order valence-corrected chi connectivity index (χ3v) is 5.99. The van der Waals surface area contributed by atoms with Gasteiger partial charge in [-0.3, -0.25) is 19.5 Å². The molecule has 0 aliphatic heterocycles. The van der Waals surface area contributed by atoms with Gasteiger partial charge in [0.1, 0.15) is 12.4 Å². The van der Waals surface area contributed by atoms with Crippen LogP contribution < -0.4 is 5.32 Å². The largest absolute Gasteiger partial charge is 0.326 e. The van der Waals surface area contributed by atoms with Crippen molar-refractivity contribution in [2.75, 3.05) is 11.9 Å². The van der Waals surface area contributed by atoms with Crippen molar-refractivity contribution in [2.24, 2.45) is 0 Å². The van der Waals surface area contributed by atoms with Crippen LogP contribution in [0.25, 0.3) is 16.9 Å². The minimum absolute atomic E-state index is 0.0614. The number of hydrogen-bond donors (Lipinski definition) is 1. The smallest absolute Gasteiger partial charge is 0.254 e. The first-order chi connectivity index (χ1) is 17.0. The average Bonchev–Trinajstić information content (AvgIpc) is 3.63. The Bertz CT molecular complexity index is 1340. The summed E-state index contributed by atoms with van der Waals surface area (Å²) in [6, 6.07) is 23.0. The van der Waals surface area contributed by atoms with E-state index in [1.807, 2.05) is 49.4 Å². The van der Waals surface area contributed by atoms with Crippen molar-refractivity contribution < 1.29 is 14.0 Å². The van der Waals surface area contributed by atoms with Crippen LogP contribution in [0.2, 0.25) is 0 Å². The molecule has 0 unspecified atom stereocenters. The normalized spacial score (nSPS) is 12.9. The second-order valence-corrected chi connectivity index (χ2v) is 8.74. The predicted molar refractivity (Wildman–Crippen MR) is 133 cm³/mol. The van der Waals surface area contributed by atoms with Crippen LogP contribution in [0.5, 0.6) is 0 Å². The maximum Gasteiger partial charge on any atom is 0.254 e. The molecule has 5 rings (SSSR count). The molecule has 0 spiro atoms. The number of carbonyl (C=O) groups excluding carboxylic acids is 2. The number of imidazole rings is 1. The summed E-state index contributed by atoms with van der Waals surface area (Å²) in [4.78, 5) is 32.5. The lowest BCUT2D eigenvalue weighted by Crippen LogP contribution is -2.39. The minimum atomic E-state index is -0.350. The van der Waals surface area contributed by atoms with Crippen molar-refractivity contribution in [3.63, 3.8) is 0 Å². The Labute approximate surface area is 203 Å². The summed E-state index contributed by atoms with van der Waals surface area (Å²) in [7, 11) is 0. The van der Waals surface area contributed by atoms with Crippen molar-refractivity contribution in [3.8, 4) is 16.9 Å². The van der Waals surface area contributed by atoms with Gasteiger partial charge in [0.15, 0.2) is 0 Å². The van der Waals surface area contributed by atoms with E-state index in [1.54, 1.807) is 39.9 Å². The number of benzene rings is 3. The predicted octanol–water partition coefficient (Wildman–Crippen LogP) is 5.23. The summed E-state index contributed by atoms with van der Waals surface area (Å²) in [5.74, 6) is -0.545. The van der Waals surface area contributed by atoms with Gasteiger partial charge >= 0.3 is 0 Å². The number of aryl methyl sites for hydroxylation is 1. The first-order valence-corrected chi connectivity index (χ1v) is 11.6. The van der Waals surface area contributed by atoms with E-state index < -0.39 is 0 Å². The molecule has 1 aliphatic carbocycles. The zero-order valence-corrected chi connectivity index (χ0v) is 19.3. The van der Waals surface area contributed by atoms with Crippen LogP contribution in [0, 0.1) is 12.7 Å². The lowest BCUT2D eigenvalue weighted by Gasteiger charge is -2.22. The molecule has 1 heterocycles. The van der Waals surface area contributed by atoms with E-state index in [1.165, 1.54) is 12.1 Å². The Kier molecular flexibility index (Phi) is 6.14. The molecule has 1 aliphatic rings. The standard InChI is InChI=1S/C28H25FN4O2/c1-19-7-9-21(10-8-19)27(35)32(23-15-16-23)18-26(34)31-28-30-25(20-5-3-2-4-6-20)17-33(28)24-13-11-22(29)12-14-24/h2-14,17,23H,15-16,18H2,1H3,(H,30,31,34). The molecule has 7 heteroatoms. The molecule has 2 amide bonds. The summed E-state index contributed by atoms with van der Waals surface area (Å²) >= 11 is 0. The first kappa shape index (κ1) is 22.5. The van der Waals surface area contributed by atoms with E-state index >= 15 is 0 Å². The fourth-order valence-electron chi connectivity index (χ4n) is 3.95. The van der Waals surface area contributed by atoms with Crippen molar-refractivity contribution in [1.82, 2.24) is 14.5 Å². The van der Waals surface area contributed by atoms with E-state index in [0.717, 1.165) is 24.0 Å². The van der Waals surface area contributed by atoms with Gasteiger partial charge in [0.05, 0.1) is 5.69 Å². The van der Waals surface area contributed by atoms with Gasteiger partial charge in [-0.05, 0) is 56.2 Å². The molecular weight excluding hydrogens is 443 g/mol. The number of nitrogens with zero attached hydrogens (tertiary/aromatic N) is 3. The van der Waals surface area contributed by atoms with E-state index in [4.69, 9.17) is 0 Å². The first-order valence-electron chi connectivity index (χ1n) is 11.6. The quantitative estimate of drug-likeness (QED) is 0.404. The van der Waals surface area contributed by atoms with E-state index in [-0.39, 0.29) is 30.2 Å². The van der Waals surface area contributed by atoms with Gasteiger partial charge in [0, 0.05) is 29.1 Å². The third kappa shape index (κ3) is 5.14. The molecule has 0 saturated heterocycles. The second-order valence-electron chi connectivity index (χ2n) is 8.74. The Morgan fingerprint density at radius 1 is 1.00 bits per heavy atom. The van der Waals surface area contributed by atoms with Crippen LogP contribution in [0.4, 0.5) is 10.3 Å². The van der Waals surface area contributed by atoms with Gasteiger partial charge in [-0.25, -0.2) is 9.37 Å². The maximum atomic E-state index is 13.5. The van der Waals surface area contributed by atoms with Gasteiger partial charge in [0.2, 0.25) is 11.9 Å². The summed E-state index contributed by atoms with van der Waals surface area (Å²) in [6.07, 6.45) is 3.56. The highest BCUT2D eigenvalue weighted by molar-refractivity contribution is 5.99. The van der Waals surface area contributed by atoms with Gasteiger partial charge in [0.25, 0.3) is 5.91 Å². The molecule has 1 saturated carbocycles. The van der Waals surface area contributed by atoms with Crippen molar-refractivity contribution >= 4 is 17.8 Å². The molecule has 1 fully saturated rings. The molecule has 176 valence electrons. The third-order valence-electron chi connectivity index (χ3n) is 5.99. The van der Waals surface area contributed by atoms with Crippen LogP contribution >= 0.6 is 0 Å². The van der Waals surface area contributed by atoms with Crippen LogP contribution in [0.15, 0.2) is 85.1 Å². The fraction of sp³-hybridized carbons (Fsp3) is 0.179. The van der Waals surface area contributed by atoms with Crippen molar-refractivity contribution in [1.29, 1.82) is 0 Å². The number of anilines is 1. The molecule has 6 nitrogen and oxygen atoms in total. The van der Waals surface area contributed by atoms with Crippen LogP contribution in [-0.4, -0.2) is 38.9 Å². The monoisotopic (exact) mass is 468 g/mol. The molecule has 0 atom stereocenters. The van der Waals surface area contributed by atoms with Crippen LogP contribution in [-0.2, 0) is 4.79 Å². The lowest BCUT2D eigenvalue weighted by atomic mass is 10.1. The van der Waals surface area contributed by atoms with E-state index in [2.05, 4.69) is 10.3 Å². The van der Waals surface area contributed by atoms with Crippen molar-refractivity contribution in [3.05, 3.63) is 102 Å². The highest BCUT2D eigenvalue weighted by Crippen LogP contribution is 2.29. The Hall–Kier alpha value is -4.26. The topological polar surface area (TPSA) is 67.2 Å². The van der Waals surface area contributed by atoms with Gasteiger partial charge in [-0.15, -0.1) is 0 Å². The van der Waals surface area contributed by atoms with Gasteiger partial charge in [-0.1, -0.05) is 48.0 Å². The number of amides is 2. The summed E-state index contributed by atoms with van der Waals surface area (Å²) in [5, 5.41) is 2.87. The fourth-order valence-corrected chi connectivity index (χ4v) is 3.95. The van der Waals surface area contributed by atoms with Gasteiger partial charge in [-0.2, -0.15) is 0 Å². The molecule has 0 bridgehead atoms. The highest BCUT2D eigenvalue weighted by atomic mass is 19.1. The molecule has 35 heavy (non-hydrogen) atoms. The molecule has 1 aromatic heterocycles. The lowest BCUT2D eigenvalue weighted by molar-refractivity contribution is -0.117. The molecule has 3 aromatic carbocycles. The maximum absolute atomic E-state index is 13.5. The van der Waals surface area contributed by atoms with E-state index in [9.17, 15) is 14.0 Å². The van der Waals surface area contributed by atoms with Crippen molar-refractivity contribution in [2.45, 2.75) is 25.8 Å². The van der Waals surface area contributed by atoms with Crippen LogP contribution in [0.1, 0.15) is 28.8 Å².